The maximum absolute atomic E-state index is 3.59. The van der Waals surface area contributed by atoms with Crippen LogP contribution < -0.4 is 5.32 Å². The molecule has 0 aliphatic carbocycles. The van der Waals surface area contributed by atoms with Gasteiger partial charge in [0.25, 0.3) is 0 Å². The van der Waals surface area contributed by atoms with Crippen molar-refractivity contribution in [1.82, 2.24) is 15.1 Å². The molecule has 0 aromatic rings. The van der Waals surface area contributed by atoms with Crippen LogP contribution in [0.5, 0.6) is 0 Å². The van der Waals surface area contributed by atoms with Gasteiger partial charge in [-0.1, -0.05) is 6.92 Å². The van der Waals surface area contributed by atoms with Crippen LogP contribution in [0.2, 0.25) is 0 Å². The van der Waals surface area contributed by atoms with Gasteiger partial charge in [-0.15, -0.1) is 0 Å². The molecule has 0 radical (unpaired) electrons. The first-order chi connectivity index (χ1) is 6.77. The monoisotopic (exact) mass is 195 g/mol. The fourth-order valence-electron chi connectivity index (χ4n) is 4.18. The molecule has 0 aromatic heterocycles. The van der Waals surface area contributed by atoms with E-state index in [1.807, 2.05) is 0 Å². The summed E-state index contributed by atoms with van der Waals surface area (Å²) in [6, 6.07) is 0.764. The van der Waals surface area contributed by atoms with Crippen molar-refractivity contribution in [2.75, 3.05) is 39.9 Å². The van der Waals surface area contributed by atoms with Gasteiger partial charge in [0.05, 0.1) is 6.67 Å². The highest BCUT2D eigenvalue weighted by atomic mass is 15.4. The van der Waals surface area contributed by atoms with Gasteiger partial charge < -0.3 is 5.32 Å². The summed E-state index contributed by atoms with van der Waals surface area (Å²) in [6.45, 7) is 8.88. The molecule has 4 aliphatic rings. The quantitative estimate of drug-likeness (QED) is 0.678. The Labute approximate surface area is 86.4 Å². The van der Waals surface area contributed by atoms with Gasteiger partial charge in [-0.05, 0) is 13.5 Å². The second-order valence-corrected chi connectivity index (χ2v) is 5.41. The predicted octanol–water partition coefficient (Wildman–Crippen LogP) is 0.189. The third kappa shape index (κ3) is 1.03. The predicted molar refractivity (Wildman–Crippen MR) is 57.1 cm³/mol. The average molecular weight is 195 g/mol. The molecule has 80 valence electrons. The topological polar surface area (TPSA) is 18.5 Å². The minimum absolute atomic E-state index is 0.550. The Bertz CT molecular complexity index is 227. The van der Waals surface area contributed by atoms with Crippen LogP contribution in [0.4, 0.5) is 0 Å². The van der Waals surface area contributed by atoms with Crippen molar-refractivity contribution in [1.29, 1.82) is 0 Å². The maximum Gasteiger partial charge on any atom is 0.0506 e. The van der Waals surface area contributed by atoms with Crippen molar-refractivity contribution in [2.24, 2.45) is 11.3 Å². The highest BCUT2D eigenvalue weighted by molar-refractivity contribution is 5.08. The molecule has 4 fully saturated rings. The van der Waals surface area contributed by atoms with Crippen LogP contribution in [0.25, 0.3) is 0 Å². The fraction of sp³-hybridized carbons (Fsp3) is 1.00. The van der Waals surface area contributed by atoms with Gasteiger partial charge in [-0.25, -0.2) is 0 Å². The van der Waals surface area contributed by atoms with Gasteiger partial charge in [0.1, 0.15) is 0 Å². The lowest BCUT2D eigenvalue weighted by Gasteiger charge is -2.63. The van der Waals surface area contributed by atoms with Crippen LogP contribution in [0, 0.1) is 11.3 Å². The molecule has 4 heterocycles. The smallest absolute Gasteiger partial charge is 0.0506 e. The van der Waals surface area contributed by atoms with Crippen molar-refractivity contribution in [2.45, 2.75) is 19.4 Å². The van der Waals surface area contributed by atoms with E-state index in [4.69, 9.17) is 0 Å². The molecule has 3 atom stereocenters. The Balaban J connectivity index is 1.94. The first-order valence-corrected chi connectivity index (χ1v) is 5.89. The summed E-state index contributed by atoms with van der Waals surface area (Å²) in [4.78, 5) is 5.30. The van der Waals surface area contributed by atoms with Gasteiger partial charge in [0.15, 0.2) is 0 Å². The van der Waals surface area contributed by atoms with E-state index in [0.29, 0.717) is 5.41 Å². The van der Waals surface area contributed by atoms with Crippen molar-refractivity contribution < 1.29 is 0 Å². The van der Waals surface area contributed by atoms with E-state index >= 15 is 0 Å². The number of rotatable bonds is 2. The normalized spacial score (nSPS) is 55.3. The minimum Gasteiger partial charge on any atom is -0.316 e. The number of nitrogens with zero attached hydrogens (tertiary/aromatic N) is 2. The zero-order valence-corrected chi connectivity index (χ0v) is 9.29. The van der Waals surface area contributed by atoms with E-state index in [9.17, 15) is 0 Å². The van der Waals surface area contributed by atoms with E-state index in [-0.39, 0.29) is 0 Å². The Morgan fingerprint density at radius 2 is 1.93 bits per heavy atom. The van der Waals surface area contributed by atoms with Gasteiger partial charge in [0, 0.05) is 43.6 Å². The van der Waals surface area contributed by atoms with Crippen molar-refractivity contribution in [3.05, 3.63) is 0 Å². The van der Waals surface area contributed by atoms with E-state index in [1.165, 1.54) is 39.3 Å². The van der Waals surface area contributed by atoms with Crippen LogP contribution in [-0.4, -0.2) is 55.7 Å². The average Bonchev–Trinajstić information content (AvgIpc) is 2.16. The summed E-state index contributed by atoms with van der Waals surface area (Å²) < 4.78 is 0. The van der Waals surface area contributed by atoms with Crippen LogP contribution in [0.3, 0.4) is 0 Å². The van der Waals surface area contributed by atoms with Gasteiger partial charge in [-0.2, -0.15) is 0 Å². The lowest BCUT2D eigenvalue weighted by molar-refractivity contribution is -0.142. The molecule has 0 amide bonds. The zero-order valence-electron chi connectivity index (χ0n) is 9.29. The Kier molecular flexibility index (Phi) is 1.92. The number of hydrogen-bond donors (Lipinski definition) is 1. The molecule has 4 aliphatic heterocycles. The Morgan fingerprint density at radius 3 is 2.43 bits per heavy atom. The van der Waals surface area contributed by atoms with Crippen LogP contribution in [0.1, 0.15) is 13.3 Å². The molecule has 3 heteroatoms. The molecule has 4 bridgehead atoms. The van der Waals surface area contributed by atoms with E-state index in [0.717, 1.165) is 12.0 Å². The third-order valence-corrected chi connectivity index (χ3v) is 4.61. The lowest BCUT2D eigenvalue weighted by Crippen LogP contribution is -2.75. The lowest BCUT2D eigenvalue weighted by atomic mass is 9.65. The molecule has 0 aromatic carbocycles. The third-order valence-electron chi connectivity index (χ3n) is 4.61. The van der Waals surface area contributed by atoms with Gasteiger partial charge >= 0.3 is 0 Å². The second kappa shape index (κ2) is 2.94. The van der Waals surface area contributed by atoms with Gasteiger partial charge in [0.2, 0.25) is 0 Å². The summed E-state index contributed by atoms with van der Waals surface area (Å²) in [6.07, 6.45) is 1.32. The summed E-state index contributed by atoms with van der Waals surface area (Å²) in [5.74, 6) is 0.871. The highest BCUT2D eigenvalue weighted by Gasteiger charge is 2.54. The molecule has 3 nitrogen and oxygen atoms in total. The number of hydrogen-bond acceptors (Lipinski definition) is 3. The summed E-state index contributed by atoms with van der Waals surface area (Å²) in [7, 11) is 2.15. The molecule has 4 rings (SSSR count). The minimum atomic E-state index is 0.550. The molecule has 14 heavy (non-hydrogen) atoms. The Hall–Kier alpha value is -0.120. The standard InChI is InChI=1S/C11H21N3/c1-3-11-6-13-4-9(10(11)12-2)5-14(7-11)8-13/h9-10,12H,3-8H2,1-2H3. The first kappa shape index (κ1) is 9.13. The van der Waals surface area contributed by atoms with E-state index in [2.05, 4.69) is 29.1 Å². The molecule has 4 saturated heterocycles. The summed E-state index contributed by atoms with van der Waals surface area (Å²) in [5.41, 5.74) is 0.550. The van der Waals surface area contributed by atoms with Crippen LogP contribution in [0.15, 0.2) is 0 Å². The highest BCUT2D eigenvalue weighted by Crippen LogP contribution is 2.44. The number of piperidine rings is 2. The molecule has 1 N–H and O–H groups in total. The molecular weight excluding hydrogens is 174 g/mol. The summed E-state index contributed by atoms with van der Waals surface area (Å²) >= 11 is 0. The molecule has 0 spiro atoms. The fourth-order valence-corrected chi connectivity index (χ4v) is 4.18. The van der Waals surface area contributed by atoms with Crippen LogP contribution >= 0.6 is 0 Å². The second-order valence-electron chi connectivity index (χ2n) is 5.41. The maximum atomic E-state index is 3.59. The molecule has 3 unspecified atom stereocenters. The molecule has 0 saturated carbocycles. The first-order valence-electron chi connectivity index (χ1n) is 5.89. The largest absolute Gasteiger partial charge is 0.316 e. The Morgan fingerprint density at radius 1 is 1.29 bits per heavy atom. The van der Waals surface area contributed by atoms with Crippen molar-refractivity contribution >= 4 is 0 Å². The zero-order chi connectivity index (χ0) is 9.76. The summed E-state index contributed by atoms with van der Waals surface area (Å²) in [5, 5.41) is 3.59. The number of nitrogens with one attached hydrogen (secondary N) is 1. The van der Waals surface area contributed by atoms with Crippen molar-refractivity contribution in [3.8, 4) is 0 Å². The SMILES string of the molecule is CCC12CN3CC(CN(C3)C1)C2NC. The van der Waals surface area contributed by atoms with E-state index in [1.54, 1.807) is 0 Å². The van der Waals surface area contributed by atoms with Gasteiger partial charge in [-0.3, -0.25) is 9.80 Å². The van der Waals surface area contributed by atoms with E-state index < -0.39 is 0 Å². The molecular formula is C11H21N3. The van der Waals surface area contributed by atoms with Crippen LogP contribution in [-0.2, 0) is 0 Å². The van der Waals surface area contributed by atoms with Crippen molar-refractivity contribution in [3.63, 3.8) is 0 Å².